The zero-order valence-electron chi connectivity index (χ0n) is 20.7. The maximum Gasteiger partial charge on any atom is 0.250 e. The lowest BCUT2D eigenvalue weighted by atomic mass is 9.82. The first-order valence-electron chi connectivity index (χ1n) is 11.0. The van der Waals surface area contributed by atoms with Crippen LogP contribution in [0, 0.1) is 6.92 Å². The number of carbonyl (C=O) groups is 2. The SMILES string of the molecule is COc1cc(O[Si](C)(C)C(C)(C)C)cc2c1C(=O)c1cc(OC)c3c(=O)cc(C)oc3c1C2=O. The minimum absolute atomic E-state index is 0.0398. The van der Waals surface area contributed by atoms with Gasteiger partial charge in [0, 0.05) is 23.3 Å². The molecule has 1 aromatic heterocycles. The standard InChI is InChI=1S/C26H28O7Si/c1-13-9-17(27)22-19(31-6)12-16-21(25(22)32-13)24(29)15-10-14(33-34(7,8)26(2,3)4)11-18(30-5)20(15)23(16)28/h9-12H,1-8H3. The number of fused-ring (bicyclic) bond motifs is 4. The van der Waals surface area contributed by atoms with Crippen molar-refractivity contribution >= 4 is 30.9 Å². The molecule has 0 amide bonds. The number of hydrogen-bond donors (Lipinski definition) is 0. The molecule has 0 saturated carbocycles. The first-order valence-corrected chi connectivity index (χ1v) is 13.9. The van der Waals surface area contributed by atoms with Crippen molar-refractivity contribution < 1.29 is 27.9 Å². The van der Waals surface area contributed by atoms with E-state index in [1.54, 1.807) is 19.1 Å². The minimum atomic E-state index is -2.24. The van der Waals surface area contributed by atoms with Crippen LogP contribution < -0.4 is 19.3 Å². The highest BCUT2D eigenvalue weighted by atomic mass is 28.4. The third-order valence-electron chi connectivity index (χ3n) is 6.73. The van der Waals surface area contributed by atoms with Crippen molar-refractivity contribution in [2.45, 2.75) is 45.8 Å². The van der Waals surface area contributed by atoms with Gasteiger partial charge in [-0.15, -0.1) is 0 Å². The van der Waals surface area contributed by atoms with E-state index in [1.807, 2.05) is 0 Å². The molecule has 2 aromatic carbocycles. The molecule has 0 aliphatic heterocycles. The Morgan fingerprint density at radius 1 is 0.824 bits per heavy atom. The fourth-order valence-electron chi connectivity index (χ4n) is 3.92. The minimum Gasteiger partial charge on any atom is -0.543 e. The molecule has 7 nitrogen and oxygen atoms in total. The predicted molar refractivity (Wildman–Crippen MR) is 131 cm³/mol. The molecule has 3 aromatic rings. The molecule has 4 rings (SSSR count). The average Bonchev–Trinajstić information content (AvgIpc) is 2.74. The van der Waals surface area contributed by atoms with E-state index in [4.69, 9.17) is 18.3 Å². The molecular formula is C26H28O7Si. The molecule has 34 heavy (non-hydrogen) atoms. The van der Waals surface area contributed by atoms with E-state index >= 15 is 0 Å². The van der Waals surface area contributed by atoms with Gasteiger partial charge in [0.15, 0.2) is 22.6 Å². The average molecular weight is 481 g/mol. The summed E-state index contributed by atoms with van der Waals surface area (Å²) in [6.07, 6.45) is 0. The monoisotopic (exact) mass is 480 g/mol. The van der Waals surface area contributed by atoms with Gasteiger partial charge in [0.1, 0.15) is 28.4 Å². The fourth-order valence-corrected chi connectivity index (χ4v) is 4.94. The van der Waals surface area contributed by atoms with Crippen LogP contribution in [0.2, 0.25) is 18.1 Å². The number of hydrogen-bond acceptors (Lipinski definition) is 7. The van der Waals surface area contributed by atoms with Crippen molar-refractivity contribution in [3.63, 3.8) is 0 Å². The van der Waals surface area contributed by atoms with Crippen LogP contribution in [0.1, 0.15) is 58.4 Å². The Hall–Kier alpha value is -3.39. The van der Waals surface area contributed by atoms with Gasteiger partial charge in [-0.2, -0.15) is 0 Å². The lowest BCUT2D eigenvalue weighted by molar-refractivity contribution is 0.0976. The van der Waals surface area contributed by atoms with E-state index in [-0.39, 0.29) is 55.2 Å². The van der Waals surface area contributed by atoms with Crippen molar-refractivity contribution in [2.24, 2.45) is 0 Å². The summed E-state index contributed by atoms with van der Waals surface area (Å²) in [6.45, 7) is 12.2. The highest BCUT2D eigenvalue weighted by molar-refractivity contribution is 6.74. The second-order valence-electron chi connectivity index (χ2n) is 10.00. The quantitative estimate of drug-likeness (QED) is 0.367. The first kappa shape index (κ1) is 23.8. The number of benzene rings is 2. The molecule has 1 heterocycles. The molecule has 0 spiro atoms. The molecule has 8 heteroatoms. The van der Waals surface area contributed by atoms with Gasteiger partial charge < -0.3 is 18.3 Å². The molecule has 0 bridgehead atoms. The summed E-state index contributed by atoms with van der Waals surface area (Å²) in [5.74, 6) is 0.354. The van der Waals surface area contributed by atoms with E-state index in [9.17, 15) is 14.4 Å². The second kappa shape index (κ2) is 7.84. The van der Waals surface area contributed by atoms with Crippen molar-refractivity contribution in [3.05, 3.63) is 62.5 Å². The summed E-state index contributed by atoms with van der Waals surface area (Å²) in [7, 11) is 0.608. The summed E-state index contributed by atoms with van der Waals surface area (Å²) in [6, 6.07) is 5.99. The summed E-state index contributed by atoms with van der Waals surface area (Å²) >= 11 is 0. The van der Waals surface area contributed by atoms with Crippen LogP contribution >= 0.6 is 0 Å². The number of methoxy groups -OCH3 is 2. The van der Waals surface area contributed by atoms with Gasteiger partial charge in [0.2, 0.25) is 8.32 Å². The Labute approximate surface area is 198 Å². The molecule has 0 unspecified atom stereocenters. The Morgan fingerprint density at radius 2 is 1.41 bits per heavy atom. The van der Waals surface area contributed by atoms with Gasteiger partial charge in [-0.1, -0.05) is 20.8 Å². The molecule has 178 valence electrons. The zero-order valence-corrected chi connectivity index (χ0v) is 21.7. The van der Waals surface area contributed by atoms with E-state index in [0.29, 0.717) is 11.5 Å². The van der Waals surface area contributed by atoms with Gasteiger partial charge >= 0.3 is 0 Å². The van der Waals surface area contributed by atoms with Gasteiger partial charge in [0.25, 0.3) is 0 Å². The Kier molecular flexibility index (Phi) is 5.47. The van der Waals surface area contributed by atoms with Gasteiger partial charge in [-0.05, 0) is 37.2 Å². The highest BCUT2D eigenvalue weighted by Gasteiger charge is 2.41. The molecule has 0 fully saturated rings. The number of rotatable bonds is 4. The normalized spacial score (nSPS) is 13.5. The van der Waals surface area contributed by atoms with Crippen LogP contribution in [0.4, 0.5) is 0 Å². The van der Waals surface area contributed by atoms with Crippen molar-refractivity contribution in [2.75, 3.05) is 14.2 Å². The second-order valence-corrected chi connectivity index (χ2v) is 14.7. The molecule has 1 aliphatic carbocycles. The fraction of sp³-hybridized carbons (Fsp3) is 0.346. The zero-order chi connectivity index (χ0) is 25.2. The summed E-state index contributed by atoms with van der Waals surface area (Å²) in [5.41, 5.74) is 0.142. The molecule has 0 N–H and O–H groups in total. The lowest BCUT2D eigenvalue weighted by Crippen LogP contribution is -2.44. The number of ether oxygens (including phenoxy) is 2. The topological polar surface area (TPSA) is 92.0 Å². The number of ketones is 2. The Balaban J connectivity index is 2.01. The third kappa shape index (κ3) is 3.53. The van der Waals surface area contributed by atoms with Gasteiger partial charge in [-0.25, -0.2) is 0 Å². The predicted octanol–water partition coefficient (Wildman–Crippen LogP) is 5.28. The van der Waals surface area contributed by atoms with Crippen LogP contribution in [0.3, 0.4) is 0 Å². The molecule has 0 saturated heterocycles. The maximum absolute atomic E-state index is 13.8. The smallest absolute Gasteiger partial charge is 0.250 e. The van der Waals surface area contributed by atoms with E-state index in [2.05, 4.69) is 33.9 Å². The van der Waals surface area contributed by atoms with Crippen molar-refractivity contribution in [1.82, 2.24) is 0 Å². The largest absolute Gasteiger partial charge is 0.543 e. The summed E-state index contributed by atoms with van der Waals surface area (Å²) in [5, 5.41) is 0.0491. The van der Waals surface area contributed by atoms with Crippen molar-refractivity contribution in [1.29, 1.82) is 0 Å². The third-order valence-corrected chi connectivity index (χ3v) is 11.1. The first-order chi connectivity index (χ1) is 15.8. The summed E-state index contributed by atoms with van der Waals surface area (Å²) in [4.78, 5) is 40.2. The molecule has 0 atom stereocenters. The van der Waals surface area contributed by atoms with Crippen LogP contribution in [0.5, 0.6) is 17.2 Å². The Bertz CT molecular complexity index is 1420. The van der Waals surface area contributed by atoms with Crippen LogP contribution in [0.15, 0.2) is 33.5 Å². The molecule has 0 radical (unpaired) electrons. The summed E-state index contributed by atoms with van der Waals surface area (Å²) < 4.78 is 23.1. The maximum atomic E-state index is 13.8. The van der Waals surface area contributed by atoms with Crippen LogP contribution in [0.25, 0.3) is 11.0 Å². The van der Waals surface area contributed by atoms with Crippen molar-refractivity contribution in [3.8, 4) is 17.2 Å². The molecular weight excluding hydrogens is 452 g/mol. The van der Waals surface area contributed by atoms with Crippen LogP contribution in [-0.2, 0) is 0 Å². The van der Waals surface area contributed by atoms with Crippen LogP contribution in [-0.4, -0.2) is 34.1 Å². The Morgan fingerprint density at radius 3 is 2.00 bits per heavy atom. The van der Waals surface area contributed by atoms with Gasteiger partial charge in [-0.3, -0.25) is 14.4 Å². The van der Waals surface area contributed by atoms with E-state index in [1.165, 1.54) is 26.4 Å². The van der Waals surface area contributed by atoms with E-state index < -0.39 is 19.9 Å². The number of carbonyl (C=O) groups excluding carboxylic acids is 2. The van der Waals surface area contributed by atoms with Gasteiger partial charge in [0.05, 0.1) is 25.3 Å². The highest BCUT2D eigenvalue weighted by Crippen LogP contribution is 2.43. The number of aryl methyl sites for hydroxylation is 1. The lowest BCUT2D eigenvalue weighted by Gasteiger charge is -2.36. The van der Waals surface area contributed by atoms with E-state index in [0.717, 1.165) is 0 Å². The molecule has 1 aliphatic rings.